The van der Waals surface area contributed by atoms with Gasteiger partial charge in [0.1, 0.15) is 0 Å². The fourth-order valence-corrected chi connectivity index (χ4v) is 0.560. The fourth-order valence-electron chi connectivity index (χ4n) is 0.415. The Labute approximate surface area is 66.1 Å². The van der Waals surface area contributed by atoms with E-state index in [1.54, 1.807) is 0 Å². The summed E-state index contributed by atoms with van der Waals surface area (Å²) in [4.78, 5) is 0. The highest BCUT2D eigenvalue weighted by atomic mass is 35.5. The van der Waals surface area contributed by atoms with E-state index >= 15 is 0 Å². The first-order valence-corrected chi connectivity index (χ1v) is 3.63. The molecule has 1 heteroatoms. The molecule has 0 bridgehead atoms. The van der Waals surface area contributed by atoms with E-state index in [9.17, 15) is 0 Å². The van der Waals surface area contributed by atoms with E-state index in [0.29, 0.717) is 0 Å². The van der Waals surface area contributed by atoms with Crippen LogP contribution in [0.2, 0.25) is 5.02 Å². The summed E-state index contributed by atoms with van der Waals surface area (Å²) >= 11 is 5.54. The second kappa shape index (κ2) is 4.13. The third-order valence-electron chi connectivity index (χ3n) is 0.969. The van der Waals surface area contributed by atoms with Crippen LogP contribution in [-0.2, 0) is 0 Å². The molecule has 0 saturated heterocycles. The lowest BCUT2D eigenvalue weighted by Crippen LogP contribution is -1.55. The first-order valence-electron chi connectivity index (χ1n) is 3.25. The van der Waals surface area contributed by atoms with Crippen LogP contribution >= 0.6 is 11.6 Å². The van der Waals surface area contributed by atoms with Gasteiger partial charge in [0.25, 0.3) is 0 Å². The summed E-state index contributed by atoms with van der Waals surface area (Å²) < 4.78 is 0. The Balaban J connectivity index is 0.000000138. The van der Waals surface area contributed by atoms with Crippen LogP contribution in [0.25, 0.3) is 0 Å². The number of allylic oxidation sites excluding steroid dienone is 2. The molecule has 10 heavy (non-hydrogen) atoms. The molecule has 1 aliphatic carbocycles. The van der Waals surface area contributed by atoms with Crippen molar-refractivity contribution in [1.29, 1.82) is 0 Å². The third kappa shape index (κ3) is 4.16. The topological polar surface area (TPSA) is 0 Å². The minimum atomic E-state index is 0.794. The van der Waals surface area contributed by atoms with Crippen molar-refractivity contribution >= 4 is 11.6 Å². The van der Waals surface area contributed by atoms with E-state index < -0.39 is 0 Å². The predicted octanol–water partition coefficient (Wildman–Crippen LogP) is 3.29. The van der Waals surface area contributed by atoms with Crippen LogP contribution in [0, 0.1) is 0 Å². The minimum absolute atomic E-state index is 0.794. The molecule has 0 N–H and O–H groups in total. The first kappa shape index (κ1) is 7.36. The third-order valence-corrected chi connectivity index (χ3v) is 1.22. The quantitative estimate of drug-likeness (QED) is 0.501. The Kier molecular flexibility index (Phi) is 3.04. The monoisotopic (exact) mass is 152 g/mol. The molecule has 0 spiro atoms. The molecule has 0 nitrogen and oxygen atoms in total. The average Bonchev–Trinajstić information content (AvgIpc) is 2.73. The van der Waals surface area contributed by atoms with E-state index in [-0.39, 0.29) is 0 Å². The van der Waals surface area contributed by atoms with E-state index in [4.69, 9.17) is 11.6 Å². The lowest BCUT2D eigenvalue weighted by atomic mass is 10.4. The van der Waals surface area contributed by atoms with Crippen molar-refractivity contribution in [3.8, 4) is 0 Å². The molecule has 0 amide bonds. The Morgan fingerprint density at radius 2 is 1.50 bits per heavy atom. The smallest absolute Gasteiger partial charge is 0.0405 e. The predicted molar refractivity (Wildman–Crippen MR) is 45.2 cm³/mol. The maximum atomic E-state index is 5.54. The van der Waals surface area contributed by atoms with Gasteiger partial charge in [-0.05, 0) is 18.6 Å². The summed E-state index contributed by atoms with van der Waals surface area (Å²) in [6.07, 6.45) is 5.50. The molecule has 0 saturated carbocycles. The van der Waals surface area contributed by atoms with Crippen molar-refractivity contribution in [2.24, 2.45) is 0 Å². The summed E-state index contributed by atoms with van der Waals surface area (Å²) in [7, 11) is 0. The molecular weight excluding hydrogens is 144 g/mol. The van der Waals surface area contributed by atoms with E-state index in [0.717, 1.165) is 5.02 Å². The average molecular weight is 153 g/mol. The zero-order chi connectivity index (χ0) is 7.23. The molecule has 1 aromatic carbocycles. The standard InChI is InChI=1S/C6H5Cl.C3H4/c7-6-4-2-1-3-5-6;1-2-3-1/h1-5H;1-2H,3H2. The maximum absolute atomic E-state index is 5.54. The van der Waals surface area contributed by atoms with Gasteiger partial charge < -0.3 is 0 Å². The lowest BCUT2D eigenvalue weighted by molar-refractivity contribution is 1.71. The second-order valence-corrected chi connectivity index (χ2v) is 2.44. The summed E-state index contributed by atoms with van der Waals surface area (Å²) in [5.74, 6) is 0. The van der Waals surface area contributed by atoms with Crippen LogP contribution in [0.15, 0.2) is 42.5 Å². The summed E-state index contributed by atoms with van der Waals surface area (Å²) in [6.45, 7) is 0. The van der Waals surface area contributed by atoms with Crippen molar-refractivity contribution in [2.45, 2.75) is 6.42 Å². The molecule has 2 rings (SSSR count). The number of hydrogen-bond donors (Lipinski definition) is 0. The molecule has 0 atom stereocenters. The number of hydrogen-bond acceptors (Lipinski definition) is 0. The summed E-state index contributed by atoms with van der Waals surface area (Å²) in [6, 6.07) is 9.44. The van der Waals surface area contributed by atoms with Crippen LogP contribution in [-0.4, -0.2) is 0 Å². The van der Waals surface area contributed by atoms with Crippen molar-refractivity contribution in [3.05, 3.63) is 47.5 Å². The number of benzene rings is 1. The Hall–Kier alpha value is -0.750. The Morgan fingerprint density at radius 1 is 1.00 bits per heavy atom. The maximum Gasteiger partial charge on any atom is 0.0405 e. The highest BCUT2D eigenvalue weighted by molar-refractivity contribution is 6.30. The van der Waals surface area contributed by atoms with Gasteiger partial charge in [-0.1, -0.05) is 42.0 Å². The van der Waals surface area contributed by atoms with Gasteiger partial charge in [-0.15, -0.1) is 0 Å². The van der Waals surface area contributed by atoms with Crippen molar-refractivity contribution in [1.82, 2.24) is 0 Å². The second-order valence-electron chi connectivity index (χ2n) is 2.00. The molecule has 52 valence electrons. The molecule has 1 aromatic rings. The van der Waals surface area contributed by atoms with Crippen molar-refractivity contribution in [2.75, 3.05) is 0 Å². The first-order chi connectivity index (χ1) is 4.89. The van der Waals surface area contributed by atoms with E-state index in [1.165, 1.54) is 6.42 Å². The normalized spacial score (nSPS) is 11.7. The van der Waals surface area contributed by atoms with Crippen LogP contribution in [0.4, 0.5) is 0 Å². The zero-order valence-corrected chi connectivity index (χ0v) is 6.38. The van der Waals surface area contributed by atoms with Gasteiger partial charge in [-0.25, -0.2) is 0 Å². The molecule has 0 radical (unpaired) electrons. The van der Waals surface area contributed by atoms with Gasteiger partial charge in [0, 0.05) is 5.02 Å². The van der Waals surface area contributed by atoms with Gasteiger partial charge in [0.05, 0.1) is 0 Å². The van der Waals surface area contributed by atoms with Crippen LogP contribution < -0.4 is 0 Å². The molecule has 0 fully saturated rings. The molecule has 1 aliphatic rings. The largest absolute Gasteiger partial charge is 0.0844 e. The Bertz CT molecular complexity index is 197. The molecule has 0 aliphatic heterocycles. The minimum Gasteiger partial charge on any atom is -0.0844 e. The van der Waals surface area contributed by atoms with Crippen LogP contribution in [0.3, 0.4) is 0 Å². The summed E-state index contributed by atoms with van der Waals surface area (Å²) in [5, 5.41) is 0.794. The highest BCUT2D eigenvalue weighted by Gasteiger charge is 1.75. The van der Waals surface area contributed by atoms with Gasteiger partial charge in [-0.2, -0.15) is 0 Å². The van der Waals surface area contributed by atoms with E-state index in [2.05, 4.69) is 12.2 Å². The van der Waals surface area contributed by atoms with Crippen LogP contribution in [0.5, 0.6) is 0 Å². The van der Waals surface area contributed by atoms with E-state index in [1.807, 2.05) is 30.3 Å². The van der Waals surface area contributed by atoms with Gasteiger partial charge >= 0.3 is 0 Å². The highest BCUT2D eigenvalue weighted by Crippen LogP contribution is 2.03. The fraction of sp³-hybridized carbons (Fsp3) is 0.111. The number of halogens is 1. The lowest BCUT2D eigenvalue weighted by Gasteiger charge is -1.80. The van der Waals surface area contributed by atoms with Crippen molar-refractivity contribution in [3.63, 3.8) is 0 Å². The molecule has 0 heterocycles. The van der Waals surface area contributed by atoms with Gasteiger partial charge in [-0.3, -0.25) is 0 Å². The molecule has 0 aromatic heterocycles. The van der Waals surface area contributed by atoms with Crippen molar-refractivity contribution < 1.29 is 0 Å². The molecular formula is C9H9Cl. The SMILES string of the molecule is C1=CC1.Clc1ccccc1. The summed E-state index contributed by atoms with van der Waals surface area (Å²) in [5.41, 5.74) is 0. The van der Waals surface area contributed by atoms with Crippen LogP contribution in [0.1, 0.15) is 6.42 Å². The number of rotatable bonds is 0. The van der Waals surface area contributed by atoms with Gasteiger partial charge in [0.15, 0.2) is 0 Å². The Morgan fingerprint density at radius 3 is 1.70 bits per heavy atom. The zero-order valence-electron chi connectivity index (χ0n) is 5.63. The molecule has 0 unspecified atom stereocenters. The van der Waals surface area contributed by atoms with Gasteiger partial charge in [0.2, 0.25) is 0 Å².